The number of carboxylic acids is 1. The molecule has 0 fully saturated rings. The Morgan fingerprint density at radius 1 is 0.838 bits per heavy atom. The van der Waals surface area contributed by atoms with Gasteiger partial charge in [-0.2, -0.15) is 0 Å². The molecule has 0 saturated carbocycles. The molecule has 1 N–H and O–H groups in total. The second-order valence-corrected chi connectivity index (χ2v) is 16.5. The Labute approximate surface area is 222 Å². The minimum Gasteiger partial charge on any atom is -0.481 e. The molecule has 0 aliphatic carbocycles. The third-order valence-corrected chi connectivity index (χ3v) is 14.0. The van der Waals surface area contributed by atoms with Crippen LogP contribution in [0.2, 0.25) is 16.6 Å². The van der Waals surface area contributed by atoms with Crippen molar-refractivity contribution < 1.29 is 23.9 Å². The molecule has 0 saturated heterocycles. The maximum atomic E-state index is 12.7. The topological polar surface area (TPSA) is 83.9 Å². The summed E-state index contributed by atoms with van der Waals surface area (Å²) in [5.74, 6) is -2.92. The number of hydrogen-bond acceptors (Lipinski definition) is 4. The number of carbonyl (C=O) groups excluding carboxylic acids is 2. The lowest BCUT2D eigenvalue weighted by atomic mass is 9.96. The van der Waals surface area contributed by atoms with Gasteiger partial charge in [0.05, 0.1) is 17.0 Å². The van der Waals surface area contributed by atoms with Crippen LogP contribution in [0.5, 0.6) is 0 Å². The van der Waals surface area contributed by atoms with Gasteiger partial charge in [0.1, 0.15) is 0 Å². The van der Waals surface area contributed by atoms with E-state index in [1.54, 1.807) is 36.4 Å². The molecule has 3 rings (SSSR count). The van der Waals surface area contributed by atoms with Crippen LogP contribution in [0.3, 0.4) is 0 Å². The number of aryl methyl sites for hydroxylation is 1. The third-order valence-electron chi connectivity index (χ3n) is 7.84. The van der Waals surface area contributed by atoms with E-state index in [0.29, 0.717) is 33.3 Å². The Kier molecular flexibility index (Phi) is 9.48. The minimum atomic E-state index is -1.84. The van der Waals surface area contributed by atoms with Crippen LogP contribution < -0.4 is 0 Å². The summed E-state index contributed by atoms with van der Waals surface area (Å²) < 4.78 is 6.65. The summed E-state index contributed by atoms with van der Waals surface area (Å²) in [6, 6.07) is 14.1. The number of unbranched alkanes of at least 4 members (excludes halogenated alkanes) is 1. The van der Waals surface area contributed by atoms with E-state index in [4.69, 9.17) is 4.43 Å². The molecule has 0 aromatic heterocycles. The molecular weight excluding hydrogens is 482 g/mol. The predicted molar refractivity (Wildman–Crippen MR) is 149 cm³/mol. The van der Waals surface area contributed by atoms with Gasteiger partial charge in [-0.05, 0) is 59.1 Å². The molecular formula is C30H41NO5Si. The lowest BCUT2D eigenvalue weighted by Crippen LogP contribution is -2.47. The molecule has 37 heavy (non-hydrogen) atoms. The summed E-state index contributed by atoms with van der Waals surface area (Å²) in [7, 11) is -1.84. The van der Waals surface area contributed by atoms with E-state index in [1.807, 2.05) is 12.1 Å². The average molecular weight is 524 g/mol. The van der Waals surface area contributed by atoms with E-state index < -0.39 is 32.0 Å². The summed E-state index contributed by atoms with van der Waals surface area (Å²) in [5, 5.41) is 9.87. The molecule has 2 aromatic rings. The summed E-state index contributed by atoms with van der Waals surface area (Å²) in [5.41, 5.74) is 4.08. The van der Waals surface area contributed by atoms with Crippen LogP contribution >= 0.6 is 0 Å². The van der Waals surface area contributed by atoms with E-state index in [1.165, 1.54) is 0 Å². The molecule has 6 nitrogen and oxygen atoms in total. The number of benzene rings is 2. The molecule has 0 spiro atoms. The first-order valence-corrected chi connectivity index (χ1v) is 15.6. The van der Waals surface area contributed by atoms with Crippen LogP contribution in [0, 0.1) is 0 Å². The molecule has 7 heteroatoms. The average Bonchev–Trinajstić information content (AvgIpc) is 3.09. The molecule has 2 amide bonds. The SMILES string of the molecule is CC(C)[Si](OCCCCc1ccc(C(CN2C(=O)c3ccccc3C2=O)C(=O)O)cc1)(C(C)C)C(C)C. The molecule has 1 atom stereocenters. The van der Waals surface area contributed by atoms with Crippen molar-refractivity contribution in [3.8, 4) is 0 Å². The molecule has 0 bridgehead atoms. The second-order valence-electron chi connectivity index (χ2n) is 11.0. The third kappa shape index (κ3) is 6.04. The largest absolute Gasteiger partial charge is 0.481 e. The number of hydrogen-bond donors (Lipinski definition) is 1. The van der Waals surface area contributed by atoms with Crippen molar-refractivity contribution in [1.29, 1.82) is 0 Å². The molecule has 200 valence electrons. The fraction of sp³-hybridized carbons (Fsp3) is 0.500. The van der Waals surface area contributed by atoms with Crippen LogP contribution in [-0.2, 0) is 15.6 Å². The summed E-state index contributed by atoms with van der Waals surface area (Å²) in [4.78, 5) is 38.5. The van der Waals surface area contributed by atoms with Crippen LogP contribution in [-0.4, -0.2) is 49.3 Å². The Morgan fingerprint density at radius 3 is 1.81 bits per heavy atom. The highest BCUT2D eigenvalue weighted by molar-refractivity contribution is 6.77. The number of fused-ring (bicyclic) bond motifs is 1. The number of aliphatic carboxylic acids is 1. The standard InChI is InChI=1S/C30H41NO5Si/c1-20(2)37(21(3)4,22(5)6)36-18-10-9-11-23-14-16-24(17-15-23)27(30(34)35)19-31-28(32)25-12-7-8-13-26(25)29(31)33/h7-8,12-17,20-22,27H,9-11,18-19H2,1-6H3,(H,34,35). The number of nitrogens with zero attached hydrogens (tertiary/aromatic N) is 1. The monoisotopic (exact) mass is 523 g/mol. The number of carbonyl (C=O) groups is 3. The van der Waals surface area contributed by atoms with E-state index in [2.05, 4.69) is 41.5 Å². The van der Waals surface area contributed by atoms with Crippen molar-refractivity contribution in [3.63, 3.8) is 0 Å². The Bertz CT molecular complexity index is 1050. The molecule has 1 heterocycles. The zero-order valence-electron chi connectivity index (χ0n) is 23.0. The quantitative estimate of drug-likeness (QED) is 0.180. The van der Waals surface area contributed by atoms with E-state index in [9.17, 15) is 19.5 Å². The second kappa shape index (κ2) is 12.2. The maximum absolute atomic E-state index is 12.7. The highest BCUT2D eigenvalue weighted by Gasteiger charge is 2.44. The molecule has 1 aliphatic heterocycles. The van der Waals surface area contributed by atoms with Crippen LogP contribution in [0.25, 0.3) is 0 Å². The van der Waals surface area contributed by atoms with E-state index in [-0.39, 0.29) is 6.54 Å². The Morgan fingerprint density at radius 2 is 1.35 bits per heavy atom. The van der Waals surface area contributed by atoms with Gasteiger partial charge in [-0.3, -0.25) is 19.3 Å². The van der Waals surface area contributed by atoms with Gasteiger partial charge >= 0.3 is 5.97 Å². The maximum Gasteiger partial charge on any atom is 0.312 e. The fourth-order valence-electron chi connectivity index (χ4n) is 6.01. The van der Waals surface area contributed by atoms with Gasteiger partial charge in [0.25, 0.3) is 11.8 Å². The molecule has 0 radical (unpaired) electrons. The van der Waals surface area contributed by atoms with Crippen molar-refractivity contribution in [2.45, 2.75) is 83.3 Å². The first-order chi connectivity index (χ1) is 17.5. The lowest BCUT2D eigenvalue weighted by Gasteiger charge is -2.42. The van der Waals surface area contributed by atoms with Gasteiger partial charge in [0.15, 0.2) is 8.32 Å². The number of imide groups is 1. The Balaban J connectivity index is 1.57. The van der Waals surface area contributed by atoms with Gasteiger partial charge < -0.3 is 9.53 Å². The van der Waals surface area contributed by atoms with Crippen LogP contribution in [0.1, 0.15) is 92.1 Å². The van der Waals surface area contributed by atoms with Gasteiger partial charge in [0, 0.05) is 13.2 Å². The van der Waals surface area contributed by atoms with E-state index in [0.717, 1.165) is 36.3 Å². The van der Waals surface area contributed by atoms with Crippen LogP contribution in [0.4, 0.5) is 0 Å². The fourth-order valence-corrected chi connectivity index (χ4v) is 11.5. The summed E-state index contributed by atoms with van der Waals surface area (Å²) >= 11 is 0. The van der Waals surface area contributed by atoms with E-state index >= 15 is 0 Å². The molecule has 2 aromatic carbocycles. The number of carboxylic acid groups (broad SMARTS) is 1. The van der Waals surface area contributed by atoms with Crippen molar-refractivity contribution >= 4 is 26.1 Å². The van der Waals surface area contributed by atoms with Crippen molar-refractivity contribution in [1.82, 2.24) is 4.90 Å². The zero-order valence-corrected chi connectivity index (χ0v) is 24.0. The smallest absolute Gasteiger partial charge is 0.312 e. The van der Waals surface area contributed by atoms with Gasteiger partial charge in [-0.25, -0.2) is 0 Å². The first kappa shape index (κ1) is 28.8. The summed E-state index contributed by atoms with van der Waals surface area (Å²) in [6.07, 6.45) is 2.87. The normalized spacial score (nSPS) is 14.7. The number of rotatable bonds is 13. The van der Waals surface area contributed by atoms with Crippen LogP contribution in [0.15, 0.2) is 48.5 Å². The highest BCUT2D eigenvalue weighted by atomic mass is 28.4. The number of amides is 2. The van der Waals surface area contributed by atoms with Gasteiger partial charge in [0.2, 0.25) is 0 Å². The van der Waals surface area contributed by atoms with Crippen molar-refractivity contribution in [3.05, 3.63) is 70.8 Å². The Hall–Kier alpha value is -2.77. The van der Waals surface area contributed by atoms with Crippen molar-refractivity contribution in [2.24, 2.45) is 0 Å². The van der Waals surface area contributed by atoms with Crippen molar-refractivity contribution in [2.75, 3.05) is 13.2 Å². The van der Waals surface area contributed by atoms with Gasteiger partial charge in [-0.15, -0.1) is 0 Å². The minimum absolute atomic E-state index is 0.189. The first-order valence-electron chi connectivity index (χ1n) is 13.4. The zero-order chi connectivity index (χ0) is 27.3. The summed E-state index contributed by atoms with van der Waals surface area (Å²) in [6.45, 7) is 14.4. The molecule has 1 unspecified atom stereocenters. The predicted octanol–water partition coefficient (Wildman–Crippen LogP) is 6.67. The molecule has 1 aliphatic rings. The highest BCUT2D eigenvalue weighted by Crippen LogP contribution is 2.42. The lowest BCUT2D eigenvalue weighted by molar-refractivity contribution is -0.138. The van der Waals surface area contributed by atoms with Gasteiger partial charge in [-0.1, -0.05) is 77.9 Å².